The topological polar surface area (TPSA) is 56.2 Å². The fraction of sp³-hybridized carbons (Fsp3) is 0.500. The van der Waals surface area contributed by atoms with Gasteiger partial charge in [0.15, 0.2) is 11.5 Å². The van der Waals surface area contributed by atoms with E-state index < -0.39 is 0 Å². The van der Waals surface area contributed by atoms with E-state index in [1.807, 2.05) is 12.1 Å². The third kappa shape index (κ3) is 4.49. The van der Waals surface area contributed by atoms with Gasteiger partial charge in [-0.15, -0.1) is 0 Å². The first kappa shape index (κ1) is 26.4. The molecule has 0 saturated carbocycles. The van der Waals surface area contributed by atoms with Crippen molar-refractivity contribution >= 4 is 22.9 Å². The Balaban J connectivity index is 1.19. The van der Waals surface area contributed by atoms with Gasteiger partial charge < -0.3 is 23.7 Å². The molecule has 1 aromatic heterocycles. The van der Waals surface area contributed by atoms with Crippen LogP contribution in [0.3, 0.4) is 0 Å². The Kier molecular flexibility index (Phi) is 6.93. The van der Waals surface area contributed by atoms with Crippen molar-refractivity contribution in [1.82, 2.24) is 14.4 Å². The summed E-state index contributed by atoms with van der Waals surface area (Å²) in [6.45, 7) is 4.08. The van der Waals surface area contributed by atoms with Crippen LogP contribution in [0.5, 0.6) is 17.2 Å². The van der Waals surface area contributed by atoms with Crippen LogP contribution >= 0.6 is 0 Å². The Morgan fingerprint density at radius 2 is 1.71 bits per heavy atom. The van der Waals surface area contributed by atoms with E-state index in [2.05, 4.69) is 50.9 Å². The number of hydrogen-bond donors (Lipinski definition) is 0. The zero-order valence-electron chi connectivity index (χ0n) is 24.5. The van der Waals surface area contributed by atoms with Gasteiger partial charge in [0.05, 0.1) is 21.3 Å². The molecule has 0 N–H and O–H groups in total. The number of methoxy groups -OCH3 is 3. The van der Waals surface area contributed by atoms with Crippen molar-refractivity contribution in [3.63, 3.8) is 0 Å². The number of carbonyl (C=O) groups excluding carboxylic acids is 1. The van der Waals surface area contributed by atoms with E-state index in [0.717, 1.165) is 47.0 Å². The fourth-order valence-electron chi connectivity index (χ4n) is 8.46. The number of nitrogens with zero attached hydrogens (tertiary/aromatic N) is 3. The van der Waals surface area contributed by atoms with Crippen LogP contribution in [0.1, 0.15) is 49.7 Å². The molecular formula is C34H41N3O4. The quantitative estimate of drug-likeness (QED) is 0.371. The Labute approximate surface area is 242 Å². The number of carbonyl (C=O) groups is 1. The van der Waals surface area contributed by atoms with E-state index >= 15 is 0 Å². The summed E-state index contributed by atoms with van der Waals surface area (Å²) in [5, 5.41) is 1.16. The molecular weight excluding hydrogens is 514 g/mol. The Morgan fingerprint density at radius 1 is 0.951 bits per heavy atom. The van der Waals surface area contributed by atoms with Crippen molar-refractivity contribution in [2.24, 2.45) is 11.8 Å². The average molecular weight is 556 g/mol. The highest BCUT2D eigenvalue weighted by atomic mass is 16.5. The zero-order valence-corrected chi connectivity index (χ0v) is 24.5. The normalized spacial score (nSPS) is 27.0. The molecule has 4 saturated heterocycles. The van der Waals surface area contributed by atoms with E-state index in [4.69, 9.17) is 14.2 Å². The minimum Gasteiger partial charge on any atom is -0.493 e. The molecule has 0 aliphatic carbocycles. The predicted molar refractivity (Wildman–Crippen MR) is 161 cm³/mol. The summed E-state index contributed by atoms with van der Waals surface area (Å²) in [6.07, 6.45) is 11.4. The molecule has 1 amide bonds. The molecule has 7 rings (SSSR count). The van der Waals surface area contributed by atoms with Crippen LogP contribution in [-0.2, 0) is 11.3 Å². The van der Waals surface area contributed by atoms with Gasteiger partial charge in [0.2, 0.25) is 11.7 Å². The van der Waals surface area contributed by atoms with Gasteiger partial charge >= 0.3 is 0 Å². The van der Waals surface area contributed by atoms with Gasteiger partial charge in [-0.1, -0.05) is 18.2 Å². The number of rotatable bonds is 6. The van der Waals surface area contributed by atoms with Crippen LogP contribution in [0.2, 0.25) is 0 Å². The second kappa shape index (κ2) is 10.8. The van der Waals surface area contributed by atoms with Gasteiger partial charge in [0, 0.05) is 53.4 Å². The lowest BCUT2D eigenvalue weighted by Gasteiger charge is -2.58. The number of para-hydroxylation sites is 1. The lowest BCUT2D eigenvalue weighted by atomic mass is 9.67. The van der Waals surface area contributed by atoms with E-state index in [1.54, 1.807) is 21.3 Å². The minimum atomic E-state index is 0.267. The number of benzene rings is 2. The van der Waals surface area contributed by atoms with Crippen molar-refractivity contribution in [2.45, 2.75) is 57.2 Å². The second-order valence-corrected chi connectivity index (χ2v) is 12.2. The van der Waals surface area contributed by atoms with Crippen LogP contribution < -0.4 is 14.2 Å². The minimum absolute atomic E-state index is 0.267. The maximum atomic E-state index is 14.0. The summed E-state index contributed by atoms with van der Waals surface area (Å²) in [5.74, 6) is 3.43. The number of aromatic nitrogens is 1. The first-order valence-electron chi connectivity index (χ1n) is 15.2. The largest absolute Gasteiger partial charge is 0.493 e. The molecule has 0 spiro atoms. The first-order chi connectivity index (χ1) is 20.1. The van der Waals surface area contributed by atoms with E-state index in [0.29, 0.717) is 47.7 Å². The van der Waals surface area contributed by atoms with Crippen LogP contribution in [0.25, 0.3) is 17.0 Å². The van der Waals surface area contributed by atoms with E-state index in [9.17, 15) is 4.79 Å². The molecule has 4 fully saturated rings. The van der Waals surface area contributed by atoms with E-state index in [1.165, 1.54) is 38.8 Å². The molecule has 41 heavy (non-hydrogen) atoms. The summed E-state index contributed by atoms with van der Waals surface area (Å²) in [4.78, 5) is 19.1. The molecule has 4 atom stereocenters. The number of piperidine rings is 4. The zero-order chi connectivity index (χ0) is 28.1. The highest BCUT2D eigenvalue weighted by Crippen LogP contribution is 2.46. The van der Waals surface area contributed by atoms with Gasteiger partial charge in [0.25, 0.3) is 0 Å². The molecule has 7 nitrogen and oxygen atoms in total. The summed E-state index contributed by atoms with van der Waals surface area (Å²) in [6, 6.07) is 13.6. The summed E-state index contributed by atoms with van der Waals surface area (Å²) in [5.41, 5.74) is 4.25. The van der Waals surface area contributed by atoms with Crippen LogP contribution in [0.15, 0.2) is 48.2 Å². The molecule has 4 aliphatic heterocycles. The smallest absolute Gasteiger partial charge is 0.250 e. The maximum Gasteiger partial charge on any atom is 0.250 e. The van der Waals surface area contributed by atoms with Gasteiger partial charge in [-0.3, -0.25) is 9.69 Å². The van der Waals surface area contributed by atoms with Gasteiger partial charge in [0.1, 0.15) is 0 Å². The SMILES string of the molecule is COc1cc(Cn2cc(/C=C3\CC[C@@H]4[C@H]5CCCN6CCC[C@@H](CN4C3=O)[C@@H]56)c3ccccc32)cc(OC)c1OC. The molecule has 4 aliphatic rings. The first-order valence-corrected chi connectivity index (χ1v) is 15.2. The second-order valence-electron chi connectivity index (χ2n) is 12.2. The molecule has 3 aromatic rings. The van der Waals surface area contributed by atoms with Crippen LogP contribution in [0.4, 0.5) is 0 Å². The third-order valence-electron chi connectivity index (χ3n) is 10.1. The standard InChI is InChI=1S/C34H41N3O4/c1-39-30-16-22(17-31(40-2)33(30)41-3)19-36-20-25(26-9-4-5-11-28(26)36)18-23-12-13-29-27-10-7-15-35-14-6-8-24(32(27)35)21-37(29)34(23)38/h4-5,9,11,16-18,20,24,27,29,32H,6-8,10,12-15,19,21H2,1-3H3/b23-18+/t24-,27+,29+,32-/m0/s1. The molecule has 0 unspecified atom stereocenters. The number of ether oxygens (including phenoxy) is 3. The van der Waals surface area contributed by atoms with Gasteiger partial charge in [-0.05, 0) is 93.3 Å². The Hall–Kier alpha value is -3.45. The van der Waals surface area contributed by atoms with Crippen molar-refractivity contribution in [3.05, 3.63) is 59.3 Å². The van der Waals surface area contributed by atoms with E-state index in [-0.39, 0.29) is 5.91 Å². The highest BCUT2D eigenvalue weighted by molar-refractivity contribution is 6.01. The van der Waals surface area contributed by atoms with Crippen molar-refractivity contribution in [2.75, 3.05) is 41.0 Å². The number of fused-ring (bicyclic) bond motifs is 3. The lowest BCUT2D eigenvalue weighted by Crippen LogP contribution is -2.66. The Morgan fingerprint density at radius 3 is 2.46 bits per heavy atom. The van der Waals surface area contributed by atoms with Crippen molar-refractivity contribution < 1.29 is 19.0 Å². The molecule has 5 heterocycles. The monoisotopic (exact) mass is 555 g/mol. The van der Waals surface area contributed by atoms with Gasteiger partial charge in [-0.25, -0.2) is 0 Å². The summed E-state index contributed by atoms with van der Waals surface area (Å²) in [7, 11) is 4.90. The lowest BCUT2D eigenvalue weighted by molar-refractivity contribution is -0.145. The molecule has 0 bridgehead atoms. The van der Waals surface area contributed by atoms with Crippen molar-refractivity contribution in [3.8, 4) is 17.2 Å². The average Bonchev–Trinajstić information content (AvgIpc) is 3.35. The molecule has 216 valence electrons. The number of amides is 1. The summed E-state index contributed by atoms with van der Waals surface area (Å²) < 4.78 is 19.0. The van der Waals surface area contributed by atoms with Crippen LogP contribution in [-0.4, -0.2) is 73.3 Å². The van der Waals surface area contributed by atoms with Gasteiger partial charge in [-0.2, -0.15) is 0 Å². The number of hydrogen-bond acceptors (Lipinski definition) is 5. The molecule has 0 radical (unpaired) electrons. The summed E-state index contributed by atoms with van der Waals surface area (Å²) >= 11 is 0. The predicted octanol–water partition coefficient (Wildman–Crippen LogP) is 5.59. The third-order valence-corrected chi connectivity index (χ3v) is 10.1. The highest BCUT2D eigenvalue weighted by Gasteiger charge is 2.51. The molecule has 2 aromatic carbocycles. The Bertz CT molecular complexity index is 1470. The van der Waals surface area contributed by atoms with Crippen molar-refractivity contribution in [1.29, 1.82) is 0 Å². The van der Waals surface area contributed by atoms with Crippen LogP contribution in [0, 0.1) is 11.8 Å². The fourth-order valence-corrected chi connectivity index (χ4v) is 8.46. The maximum absolute atomic E-state index is 14.0. The molecule has 7 heteroatoms.